The Balaban J connectivity index is 1.85. The second kappa shape index (κ2) is 8.76. The number of nitrogens with one attached hydrogen (secondary N) is 2. The van der Waals surface area contributed by atoms with Gasteiger partial charge in [-0.15, -0.1) is 0 Å². The molecule has 144 valence electrons. The highest BCUT2D eigenvalue weighted by Crippen LogP contribution is 2.37. The van der Waals surface area contributed by atoms with E-state index in [4.69, 9.17) is 20.5 Å². The highest BCUT2D eigenvalue weighted by Gasteiger charge is 2.17. The Morgan fingerprint density at radius 3 is 2.75 bits per heavy atom. The van der Waals surface area contributed by atoms with Crippen LogP contribution in [0.4, 0.5) is 11.6 Å². The van der Waals surface area contributed by atoms with Gasteiger partial charge in [0.2, 0.25) is 0 Å². The minimum Gasteiger partial charge on any atom is -0.494 e. The molecule has 3 aromatic heterocycles. The molecule has 0 aromatic carbocycles. The topological polar surface area (TPSA) is 168 Å². The highest BCUT2D eigenvalue weighted by atomic mass is 16.5. The van der Waals surface area contributed by atoms with Crippen molar-refractivity contribution in [2.45, 2.75) is 6.10 Å². The second-order valence-electron chi connectivity index (χ2n) is 5.61. The first-order valence-electron chi connectivity index (χ1n) is 8.22. The Labute approximate surface area is 160 Å². The summed E-state index contributed by atoms with van der Waals surface area (Å²) < 4.78 is 11.0. The summed E-state index contributed by atoms with van der Waals surface area (Å²) in [5.74, 6) is 1.77. The normalized spacial score (nSPS) is 11.5. The monoisotopic (exact) mass is 382 g/mol. The Morgan fingerprint density at radius 2 is 2.07 bits per heavy atom. The smallest absolute Gasteiger partial charge is 0.158 e. The first kappa shape index (κ1) is 19.0. The molecule has 3 heterocycles. The number of aromatic amines is 1. The molecule has 0 saturated carbocycles. The number of anilines is 2. The van der Waals surface area contributed by atoms with Gasteiger partial charge >= 0.3 is 0 Å². The average Bonchev–Trinajstić information content (AvgIpc) is 3.20. The summed E-state index contributed by atoms with van der Waals surface area (Å²) in [5, 5.41) is 28.5. The van der Waals surface area contributed by atoms with Crippen LogP contribution >= 0.6 is 0 Å². The SMILES string of the molecule is COc1cncc(OC[C@@H](O)CN)c1-c1cc(Nc2cnc(C#N)cn2)n[nH]1. The second-order valence-corrected chi connectivity index (χ2v) is 5.61. The lowest BCUT2D eigenvalue weighted by Gasteiger charge is -2.14. The zero-order chi connectivity index (χ0) is 19.9. The molecular formula is C17H18N8O3. The van der Waals surface area contributed by atoms with Crippen LogP contribution < -0.4 is 20.5 Å². The van der Waals surface area contributed by atoms with Gasteiger partial charge in [0.05, 0.1) is 43.2 Å². The molecule has 0 radical (unpaired) electrons. The number of aromatic nitrogens is 5. The molecule has 0 spiro atoms. The van der Waals surface area contributed by atoms with E-state index in [2.05, 4.69) is 30.5 Å². The quantitative estimate of drug-likeness (QED) is 0.432. The number of nitrogens with two attached hydrogens (primary N) is 1. The number of hydrogen-bond donors (Lipinski definition) is 4. The van der Waals surface area contributed by atoms with E-state index < -0.39 is 6.10 Å². The van der Waals surface area contributed by atoms with Crippen LogP contribution in [-0.4, -0.2) is 56.6 Å². The van der Waals surface area contributed by atoms with Crippen molar-refractivity contribution in [3.8, 4) is 28.8 Å². The van der Waals surface area contributed by atoms with Crippen LogP contribution in [0.3, 0.4) is 0 Å². The molecule has 11 heteroatoms. The van der Waals surface area contributed by atoms with E-state index in [0.717, 1.165) is 0 Å². The number of nitriles is 1. The van der Waals surface area contributed by atoms with Crippen molar-refractivity contribution in [1.29, 1.82) is 5.26 Å². The number of pyridine rings is 1. The van der Waals surface area contributed by atoms with Crippen molar-refractivity contribution in [3.05, 3.63) is 36.5 Å². The van der Waals surface area contributed by atoms with Gasteiger partial charge in [-0.25, -0.2) is 9.97 Å². The molecule has 1 atom stereocenters. The van der Waals surface area contributed by atoms with E-state index in [1.54, 1.807) is 12.3 Å². The zero-order valence-corrected chi connectivity index (χ0v) is 15.0. The summed E-state index contributed by atoms with van der Waals surface area (Å²) in [5.41, 5.74) is 6.82. The van der Waals surface area contributed by atoms with Gasteiger partial charge in [-0.1, -0.05) is 0 Å². The van der Waals surface area contributed by atoms with Crippen LogP contribution in [0, 0.1) is 11.3 Å². The van der Waals surface area contributed by atoms with Crippen molar-refractivity contribution in [2.75, 3.05) is 25.6 Å². The highest BCUT2D eigenvalue weighted by molar-refractivity contribution is 5.75. The lowest BCUT2D eigenvalue weighted by atomic mass is 10.1. The molecule has 3 rings (SSSR count). The maximum atomic E-state index is 9.65. The van der Waals surface area contributed by atoms with Crippen molar-refractivity contribution in [3.63, 3.8) is 0 Å². The summed E-state index contributed by atoms with van der Waals surface area (Å²) >= 11 is 0. The van der Waals surface area contributed by atoms with Crippen LogP contribution in [0.5, 0.6) is 11.5 Å². The summed E-state index contributed by atoms with van der Waals surface area (Å²) in [6.45, 7) is 0.0922. The van der Waals surface area contributed by atoms with Gasteiger partial charge in [0, 0.05) is 12.6 Å². The molecule has 0 unspecified atom stereocenters. The first-order valence-corrected chi connectivity index (χ1v) is 8.22. The number of methoxy groups -OCH3 is 1. The molecule has 3 aromatic rings. The number of aliphatic hydroxyl groups is 1. The van der Waals surface area contributed by atoms with Crippen molar-refractivity contribution in [1.82, 2.24) is 25.1 Å². The van der Waals surface area contributed by atoms with E-state index in [0.29, 0.717) is 34.4 Å². The molecule has 11 nitrogen and oxygen atoms in total. The van der Waals surface area contributed by atoms with Crippen molar-refractivity contribution < 1.29 is 14.6 Å². The van der Waals surface area contributed by atoms with E-state index in [-0.39, 0.29) is 18.8 Å². The molecule has 28 heavy (non-hydrogen) atoms. The molecule has 5 N–H and O–H groups in total. The van der Waals surface area contributed by atoms with E-state index in [1.807, 2.05) is 6.07 Å². The molecule has 0 aliphatic rings. The maximum Gasteiger partial charge on any atom is 0.158 e. The van der Waals surface area contributed by atoms with Crippen LogP contribution in [0.1, 0.15) is 5.69 Å². The van der Waals surface area contributed by atoms with Gasteiger partial charge in [0.25, 0.3) is 0 Å². The maximum absolute atomic E-state index is 9.65. The molecule has 0 aliphatic carbocycles. The van der Waals surface area contributed by atoms with Crippen LogP contribution in [-0.2, 0) is 0 Å². The molecule has 0 amide bonds. The average molecular weight is 382 g/mol. The zero-order valence-electron chi connectivity index (χ0n) is 15.0. The summed E-state index contributed by atoms with van der Waals surface area (Å²) in [7, 11) is 1.51. The van der Waals surface area contributed by atoms with Gasteiger partial charge in [-0.05, 0) is 0 Å². The molecular weight excluding hydrogens is 364 g/mol. The molecule has 0 fully saturated rings. The van der Waals surface area contributed by atoms with E-state index in [9.17, 15) is 5.11 Å². The fourth-order valence-electron chi connectivity index (χ4n) is 2.30. The van der Waals surface area contributed by atoms with Crippen LogP contribution in [0.2, 0.25) is 0 Å². The number of aliphatic hydroxyl groups excluding tert-OH is 1. The van der Waals surface area contributed by atoms with Gasteiger partial charge in [0.1, 0.15) is 30.3 Å². The van der Waals surface area contributed by atoms with E-state index >= 15 is 0 Å². The largest absolute Gasteiger partial charge is 0.494 e. The Hall–Kier alpha value is -3.75. The van der Waals surface area contributed by atoms with Gasteiger partial charge in [-0.3, -0.25) is 10.1 Å². The number of rotatable bonds is 8. The third kappa shape index (κ3) is 4.32. The van der Waals surface area contributed by atoms with Gasteiger partial charge in [-0.2, -0.15) is 10.4 Å². The Kier molecular flexibility index (Phi) is 5.95. The summed E-state index contributed by atoms with van der Waals surface area (Å²) in [6.07, 6.45) is 5.05. The third-order valence-electron chi connectivity index (χ3n) is 3.67. The molecule has 0 bridgehead atoms. The number of H-pyrrole nitrogens is 1. The number of ether oxygens (including phenoxy) is 2. The standard InChI is InChI=1S/C17H18N8O3/c1-27-13-6-20-7-14(28-9-11(26)4-19)17(13)12-2-15(25-24-12)23-16-8-21-10(3-18)5-22-16/h2,5-8,11,26H,4,9,19H2,1H3,(H2,22,23,24,25)/t11-/m0/s1. The summed E-state index contributed by atoms with van der Waals surface area (Å²) in [4.78, 5) is 12.1. The van der Waals surface area contributed by atoms with Gasteiger partial charge < -0.3 is 25.6 Å². The minimum absolute atomic E-state index is 0.0123. The Morgan fingerprint density at radius 1 is 1.25 bits per heavy atom. The van der Waals surface area contributed by atoms with E-state index in [1.165, 1.54) is 25.7 Å². The lowest BCUT2D eigenvalue weighted by Crippen LogP contribution is -2.26. The lowest BCUT2D eigenvalue weighted by molar-refractivity contribution is 0.114. The number of hydrogen-bond acceptors (Lipinski definition) is 10. The predicted octanol–water partition coefficient (Wildman–Crippen LogP) is 0.584. The third-order valence-corrected chi connectivity index (χ3v) is 3.67. The predicted molar refractivity (Wildman–Crippen MR) is 99.0 cm³/mol. The summed E-state index contributed by atoms with van der Waals surface area (Å²) in [6, 6.07) is 3.63. The Bertz CT molecular complexity index is 967. The molecule has 0 aliphatic heterocycles. The van der Waals surface area contributed by atoms with Crippen molar-refractivity contribution >= 4 is 11.6 Å². The minimum atomic E-state index is -0.798. The number of nitrogens with zero attached hydrogens (tertiary/aromatic N) is 5. The van der Waals surface area contributed by atoms with Gasteiger partial charge in [0.15, 0.2) is 17.3 Å². The fourth-order valence-corrected chi connectivity index (χ4v) is 2.30. The van der Waals surface area contributed by atoms with Crippen LogP contribution in [0.25, 0.3) is 11.3 Å². The van der Waals surface area contributed by atoms with Crippen molar-refractivity contribution in [2.24, 2.45) is 5.73 Å². The van der Waals surface area contributed by atoms with Crippen LogP contribution in [0.15, 0.2) is 30.9 Å². The first-order chi connectivity index (χ1) is 13.6. The fraction of sp³-hybridized carbons (Fsp3) is 0.235. The molecule has 0 saturated heterocycles.